The van der Waals surface area contributed by atoms with Crippen molar-refractivity contribution in [1.29, 1.82) is 0 Å². The number of benzene rings is 1. The fourth-order valence-electron chi connectivity index (χ4n) is 1.98. The molecule has 0 fully saturated rings. The number of aromatic nitrogens is 4. The molecule has 11 heteroatoms. The summed E-state index contributed by atoms with van der Waals surface area (Å²) in [6.07, 6.45) is 2.34. The van der Waals surface area contributed by atoms with Gasteiger partial charge in [0.2, 0.25) is 0 Å². The van der Waals surface area contributed by atoms with E-state index in [-0.39, 0.29) is 30.5 Å². The minimum atomic E-state index is -0.562. The van der Waals surface area contributed by atoms with Gasteiger partial charge in [-0.1, -0.05) is 35.0 Å². The summed E-state index contributed by atoms with van der Waals surface area (Å²) in [6, 6.07) is 7.10. The molecule has 25 heavy (non-hydrogen) atoms. The molecule has 0 saturated carbocycles. The van der Waals surface area contributed by atoms with Crippen LogP contribution in [0.1, 0.15) is 22.1 Å². The van der Waals surface area contributed by atoms with E-state index in [1.165, 1.54) is 10.9 Å². The zero-order valence-corrected chi connectivity index (χ0v) is 13.4. The van der Waals surface area contributed by atoms with E-state index in [1.54, 1.807) is 24.3 Å². The second-order valence-corrected chi connectivity index (χ2v) is 5.35. The van der Waals surface area contributed by atoms with Gasteiger partial charge in [-0.3, -0.25) is 19.6 Å². The van der Waals surface area contributed by atoms with E-state index in [2.05, 4.69) is 20.6 Å². The summed E-state index contributed by atoms with van der Waals surface area (Å²) in [5, 5.41) is 21.2. The van der Waals surface area contributed by atoms with Crippen LogP contribution in [0.4, 0.5) is 5.69 Å². The molecule has 0 aliphatic heterocycles. The van der Waals surface area contributed by atoms with Crippen LogP contribution in [-0.4, -0.2) is 30.8 Å². The molecule has 3 aromatic rings. The van der Waals surface area contributed by atoms with Gasteiger partial charge in [0.05, 0.1) is 4.92 Å². The highest BCUT2D eigenvalue weighted by Crippen LogP contribution is 2.14. The molecular weight excluding hydrogens is 352 g/mol. The van der Waals surface area contributed by atoms with E-state index in [9.17, 15) is 14.9 Å². The number of nitro groups is 1. The minimum absolute atomic E-state index is 0.0368. The summed E-state index contributed by atoms with van der Waals surface area (Å²) in [4.78, 5) is 26.0. The zero-order valence-electron chi connectivity index (χ0n) is 12.6. The number of hydrogen-bond acceptors (Lipinski definition) is 7. The van der Waals surface area contributed by atoms with Crippen molar-refractivity contribution in [2.75, 3.05) is 0 Å². The van der Waals surface area contributed by atoms with Crippen LogP contribution in [0.25, 0.3) is 0 Å². The molecule has 2 aromatic heterocycles. The van der Waals surface area contributed by atoms with E-state index in [0.717, 1.165) is 11.8 Å². The summed E-state index contributed by atoms with van der Waals surface area (Å²) in [7, 11) is 0. The zero-order chi connectivity index (χ0) is 17.8. The molecule has 0 aliphatic carbocycles. The van der Waals surface area contributed by atoms with Crippen LogP contribution >= 0.6 is 11.6 Å². The van der Waals surface area contributed by atoms with Gasteiger partial charge in [-0.25, -0.2) is 0 Å². The quantitative estimate of drug-likeness (QED) is 0.522. The van der Waals surface area contributed by atoms with Crippen molar-refractivity contribution in [3.05, 3.63) is 69.1 Å². The van der Waals surface area contributed by atoms with Crippen molar-refractivity contribution in [2.45, 2.75) is 13.1 Å². The van der Waals surface area contributed by atoms with Crippen LogP contribution in [-0.2, 0) is 13.1 Å². The number of amides is 1. The molecule has 0 bridgehead atoms. The molecular formula is C14H11ClN6O4. The molecule has 1 aromatic carbocycles. The van der Waals surface area contributed by atoms with Crippen molar-refractivity contribution in [1.82, 2.24) is 25.2 Å². The number of halogens is 1. The molecule has 10 nitrogen and oxygen atoms in total. The van der Waals surface area contributed by atoms with Crippen LogP contribution in [0.2, 0.25) is 5.02 Å². The van der Waals surface area contributed by atoms with Crippen LogP contribution in [0.15, 0.2) is 41.2 Å². The fourth-order valence-corrected chi connectivity index (χ4v) is 2.18. The summed E-state index contributed by atoms with van der Waals surface area (Å²) in [5.74, 6) is -0.602. The monoisotopic (exact) mass is 362 g/mol. The van der Waals surface area contributed by atoms with E-state index in [1.807, 2.05) is 0 Å². The fraction of sp³-hybridized carbons (Fsp3) is 0.143. The minimum Gasteiger partial charge on any atom is -0.344 e. The predicted molar refractivity (Wildman–Crippen MR) is 84.9 cm³/mol. The summed E-state index contributed by atoms with van der Waals surface area (Å²) < 4.78 is 6.16. The molecule has 128 valence electrons. The first-order chi connectivity index (χ1) is 12.0. The number of nitrogens with one attached hydrogen (secondary N) is 1. The number of hydrogen-bond donors (Lipinski definition) is 1. The van der Waals surface area contributed by atoms with Gasteiger partial charge in [0.15, 0.2) is 5.82 Å². The van der Waals surface area contributed by atoms with Crippen LogP contribution in [0.5, 0.6) is 0 Å². The molecule has 2 heterocycles. The Morgan fingerprint density at radius 1 is 1.40 bits per heavy atom. The van der Waals surface area contributed by atoms with Gasteiger partial charge in [0, 0.05) is 11.6 Å². The van der Waals surface area contributed by atoms with E-state index < -0.39 is 10.8 Å². The van der Waals surface area contributed by atoms with Gasteiger partial charge in [0.25, 0.3) is 0 Å². The summed E-state index contributed by atoms with van der Waals surface area (Å²) in [6.45, 7) is 0.247. The standard InChI is InChI=1S/C14H11ClN6O4/c15-11-4-2-1-3-9(11)5-16-13(22)14-18-12(19-25-14)8-20-7-10(6-17-20)21(23)24/h1-4,6-7H,5,8H2,(H,16,22). The Bertz CT molecular complexity index is 921. The lowest BCUT2D eigenvalue weighted by Gasteiger charge is -2.04. The van der Waals surface area contributed by atoms with Crippen molar-refractivity contribution >= 4 is 23.2 Å². The van der Waals surface area contributed by atoms with Crippen LogP contribution in [0.3, 0.4) is 0 Å². The molecule has 0 aliphatic rings. The normalized spacial score (nSPS) is 10.6. The largest absolute Gasteiger partial charge is 0.344 e. The molecule has 1 amide bonds. The third-order valence-corrected chi connectivity index (χ3v) is 3.56. The summed E-state index contributed by atoms with van der Waals surface area (Å²) in [5.41, 5.74) is 0.599. The molecule has 1 N–H and O–H groups in total. The van der Waals surface area contributed by atoms with Gasteiger partial charge >= 0.3 is 17.5 Å². The smallest absolute Gasteiger partial charge is 0.316 e. The molecule has 0 atom stereocenters. The molecule has 0 unspecified atom stereocenters. The lowest BCUT2D eigenvalue weighted by Crippen LogP contribution is -2.23. The molecule has 0 saturated heterocycles. The Morgan fingerprint density at radius 2 is 2.20 bits per heavy atom. The number of carbonyl (C=O) groups excluding carboxylic acids is 1. The number of rotatable bonds is 6. The van der Waals surface area contributed by atoms with Crippen molar-refractivity contribution < 1.29 is 14.2 Å². The maximum Gasteiger partial charge on any atom is 0.316 e. The van der Waals surface area contributed by atoms with Gasteiger partial charge in [-0.2, -0.15) is 10.1 Å². The molecule has 0 spiro atoms. The van der Waals surface area contributed by atoms with Gasteiger partial charge in [0.1, 0.15) is 18.9 Å². The van der Waals surface area contributed by atoms with E-state index >= 15 is 0 Å². The third-order valence-electron chi connectivity index (χ3n) is 3.19. The first-order valence-electron chi connectivity index (χ1n) is 7.04. The lowest BCUT2D eigenvalue weighted by molar-refractivity contribution is -0.385. The van der Waals surface area contributed by atoms with Gasteiger partial charge in [-0.15, -0.1) is 0 Å². The van der Waals surface area contributed by atoms with Crippen molar-refractivity contribution in [2.24, 2.45) is 0 Å². The van der Waals surface area contributed by atoms with Crippen molar-refractivity contribution in [3.8, 4) is 0 Å². The molecule has 3 rings (SSSR count). The average molecular weight is 363 g/mol. The second kappa shape index (κ2) is 7.09. The van der Waals surface area contributed by atoms with E-state index in [4.69, 9.17) is 16.1 Å². The topological polar surface area (TPSA) is 129 Å². The Morgan fingerprint density at radius 3 is 2.92 bits per heavy atom. The number of nitrogens with zero attached hydrogens (tertiary/aromatic N) is 5. The first kappa shape index (κ1) is 16.6. The SMILES string of the molecule is O=C(NCc1ccccc1Cl)c1nc(Cn2cc([N+](=O)[O-])cn2)no1. The van der Waals surface area contributed by atoms with Crippen LogP contribution < -0.4 is 5.32 Å². The lowest BCUT2D eigenvalue weighted by atomic mass is 10.2. The number of carbonyl (C=O) groups is 1. The highest BCUT2D eigenvalue weighted by atomic mass is 35.5. The second-order valence-electron chi connectivity index (χ2n) is 4.94. The first-order valence-corrected chi connectivity index (χ1v) is 7.42. The van der Waals surface area contributed by atoms with Gasteiger partial charge in [-0.05, 0) is 11.6 Å². The van der Waals surface area contributed by atoms with Crippen molar-refractivity contribution in [3.63, 3.8) is 0 Å². The Hall–Kier alpha value is -3.27. The maximum atomic E-state index is 12.0. The Kier molecular flexibility index (Phi) is 4.70. The van der Waals surface area contributed by atoms with Gasteiger partial charge < -0.3 is 9.84 Å². The Labute approximate surface area is 145 Å². The third kappa shape index (κ3) is 3.98. The van der Waals surface area contributed by atoms with E-state index in [0.29, 0.717) is 5.02 Å². The predicted octanol–water partition coefficient (Wildman–Crippen LogP) is 1.81. The summed E-state index contributed by atoms with van der Waals surface area (Å²) >= 11 is 6.01. The highest BCUT2D eigenvalue weighted by molar-refractivity contribution is 6.31. The Balaban J connectivity index is 1.61. The average Bonchev–Trinajstić information content (AvgIpc) is 3.24. The molecule has 0 radical (unpaired) electrons. The van der Waals surface area contributed by atoms with Crippen LogP contribution in [0, 0.1) is 10.1 Å². The maximum absolute atomic E-state index is 12.0. The highest BCUT2D eigenvalue weighted by Gasteiger charge is 2.16.